The van der Waals surface area contributed by atoms with Gasteiger partial charge in [0, 0.05) is 42.3 Å². The highest BCUT2D eigenvalue weighted by atomic mass is 16.6. The summed E-state index contributed by atoms with van der Waals surface area (Å²) in [5, 5.41) is 14.7. The number of carbonyl (C=O) groups is 2. The molecule has 4 rings (SSSR count). The van der Waals surface area contributed by atoms with E-state index in [0.717, 1.165) is 23.1 Å². The third-order valence-corrected chi connectivity index (χ3v) is 7.98. The van der Waals surface area contributed by atoms with E-state index in [1.807, 2.05) is 26.1 Å². The van der Waals surface area contributed by atoms with Gasteiger partial charge in [0.1, 0.15) is 6.10 Å². The molecular weight excluding hydrogens is 610 g/mol. The molecule has 1 aliphatic rings. The van der Waals surface area contributed by atoms with Gasteiger partial charge in [0.15, 0.2) is 0 Å². The van der Waals surface area contributed by atoms with Gasteiger partial charge in [0.05, 0.1) is 41.3 Å². The van der Waals surface area contributed by atoms with Crippen molar-refractivity contribution in [3.63, 3.8) is 0 Å². The minimum Gasteiger partial charge on any atom is -0.463 e. The Morgan fingerprint density at radius 2 is 1.69 bits per heavy atom. The molecule has 48 heavy (non-hydrogen) atoms. The average Bonchev–Trinajstić information content (AvgIpc) is 3.04. The SMILES string of the molecule is CCOC(=O)C1=C(C)NC(C)=C(C(=O)OC(C)CC(C)OC/C(C)=C/c2ccc(Cc3cccnc3)cc2)C1c1cccc([N+](=O)[O-])c1. The Bertz CT molecular complexity index is 1710. The number of rotatable bonds is 14. The maximum absolute atomic E-state index is 13.7. The van der Waals surface area contributed by atoms with Crippen molar-refractivity contribution in [2.75, 3.05) is 13.2 Å². The molecule has 3 aromatic rings. The number of pyridine rings is 1. The molecule has 0 aliphatic carbocycles. The fraction of sp³-hybridized carbons (Fsp3) is 0.342. The molecule has 0 saturated carbocycles. The standard InChI is InChI=1S/C38H43N3O7/c1-7-46-37(42)34-27(5)40-28(6)35(36(34)32-11-8-12-33(21-32)41(44)45)38(43)48-26(4)19-25(3)47-23-24(2)18-29-13-15-30(16-14-29)20-31-10-9-17-39-22-31/h8-18,21-22,25-26,36,40H,7,19-20,23H2,1-6H3/b24-18+. The average molecular weight is 654 g/mol. The van der Waals surface area contributed by atoms with Crippen molar-refractivity contribution < 1.29 is 28.7 Å². The van der Waals surface area contributed by atoms with E-state index in [1.54, 1.807) is 40.0 Å². The maximum Gasteiger partial charge on any atom is 0.337 e. The number of hydrogen-bond acceptors (Lipinski definition) is 9. The first kappa shape index (κ1) is 35.8. The molecule has 10 nitrogen and oxygen atoms in total. The van der Waals surface area contributed by atoms with Gasteiger partial charge < -0.3 is 19.5 Å². The normalized spacial score (nSPS) is 16.2. The van der Waals surface area contributed by atoms with Crippen LogP contribution in [0.1, 0.15) is 76.1 Å². The first-order chi connectivity index (χ1) is 23.0. The quantitative estimate of drug-likeness (QED) is 0.109. The lowest BCUT2D eigenvalue weighted by atomic mass is 9.80. The summed E-state index contributed by atoms with van der Waals surface area (Å²) in [4.78, 5) is 42.1. The van der Waals surface area contributed by atoms with E-state index >= 15 is 0 Å². The van der Waals surface area contributed by atoms with Crippen LogP contribution in [0.4, 0.5) is 5.69 Å². The first-order valence-electron chi connectivity index (χ1n) is 16.0. The summed E-state index contributed by atoms with van der Waals surface area (Å²) in [5.41, 5.74) is 6.14. The van der Waals surface area contributed by atoms with Crippen LogP contribution in [0.3, 0.4) is 0 Å². The Balaban J connectivity index is 1.39. The number of hydrogen-bond donors (Lipinski definition) is 1. The van der Waals surface area contributed by atoms with Crippen LogP contribution in [-0.4, -0.2) is 47.3 Å². The predicted octanol–water partition coefficient (Wildman–Crippen LogP) is 7.21. The highest BCUT2D eigenvalue weighted by Crippen LogP contribution is 2.40. The van der Waals surface area contributed by atoms with Gasteiger partial charge in [-0.3, -0.25) is 15.1 Å². The molecule has 1 aliphatic heterocycles. The smallest absolute Gasteiger partial charge is 0.337 e. The molecule has 0 radical (unpaired) electrons. The summed E-state index contributed by atoms with van der Waals surface area (Å²) >= 11 is 0. The lowest BCUT2D eigenvalue weighted by Gasteiger charge is -2.31. The first-order valence-corrected chi connectivity index (χ1v) is 16.0. The van der Waals surface area contributed by atoms with Crippen molar-refractivity contribution in [3.05, 3.63) is 134 Å². The zero-order chi connectivity index (χ0) is 34.8. The van der Waals surface area contributed by atoms with Crippen LogP contribution in [0.25, 0.3) is 6.08 Å². The molecule has 1 N–H and O–H groups in total. The number of non-ortho nitro benzene ring substituents is 1. The van der Waals surface area contributed by atoms with Crippen LogP contribution in [0.5, 0.6) is 0 Å². The molecule has 10 heteroatoms. The summed E-state index contributed by atoms with van der Waals surface area (Å²) in [6, 6.07) is 18.3. The largest absolute Gasteiger partial charge is 0.463 e. The summed E-state index contributed by atoms with van der Waals surface area (Å²) in [7, 11) is 0. The third-order valence-electron chi connectivity index (χ3n) is 7.98. The Morgan fingerprint density at radius 1 is 0.979 bits per heavy atom. The van der Waals surface area contributed by atoms with Crippen LogP contribution in [0.2, 0.25) is 0 Å². The number of nitro benzene ring substituents is 1. The van der Waals surface area contributed by atoms with Crippen molar-refractivity contribution in [1.82, 2.24) is 10.3 Å². The highest BCUT2D eigenvalue weighted by Gasteiger charge is 2.39. The second-order valence-electron chi connectivity index (χ2n) is 12.1. The number of ether oxygens (including phenoxy) is 3. The van der Waals surface area contributed by atoms with Crippen molar-refractivity contribution in [2.24, 2.45) is 0 Å². The number of aromatic nitrogens is 1. The van der Waals surface area contributed by atoms with Gasteiger partial charge in [-0.05, 0) is 81.9 Å². The van der Waals surface area contributed by atoms with E-state index in [2.05, 4.69) is 46.7 Å². The molecule has 0 fully saturated rings. The van der Waals surface area contributed by atoms with Crippen LogP contribution in [0, 0.1) is 10.1 Å². The highest BCUT2D eigenvalue weighted by molar-refractivity contribution is 6.00. The maximum atomic E-state index is 13.7. The van der Waals surface area contributed by atoms with Crippen molar-refractivity contribution in [3.8, 4) is 0 Å². The third kappa shape index (κ3) is 9.48. The van der Waals surface area contributed by atoms with Crippen molar-refractivity contribution in [2.45, 2.75) is 72.5 Å². The van der Waals surface area contributed by atoms with E-state index in [4.69, 9.17) is 14.2 Å². The molecular formula is C38H43N3O7. The Morgan fingerprint density at radius 3 is 2.33 bits per heavy atom. The van der Waals surface area contributed by atoms with Crippen LogP contribution in [-0.2, 0) is 30.2 Å². The molecule has 2 aromatic carbocycles. The van der Waals surface area contributed by atoms with E-state index in [9.17, 15) is 19.7 Å². The predicted molar refractivity (Wildman–Crippen MR) is 184 cm³/mol. The molecule has 0 amide bonds. The lowest BCUT2D eigenvalue weighted by molar-refractivity contribution is -0.384. The van der Waals surface area contributed by atoms with Crippen molar-refractivity contribution >= 4 is 23.7 Å². The van der Waals surface area contributed by atoms with Gasteiger partial charge in [-0.25, -0.2) is 9.59 Å². The van der Waals surface area contributed by atoms with E-state index < -0.39 is 28.9 Å². The van der Waals surface area contributed by atoms with Crippen LogP contribution >= 0.6 is 0 Å². The molecule has 252 valence electrons. The van der Waals surface area contributed by atoms with Crippen LogP contribution in [0.15, 0.2) is 101 Å². The lowest BCUT2D eigenvalue weighted by Crippen LogP contribution is -2.33. The van der Waals surface area contributed by atoms with E-state index in [1.165, 1.54) is 23.8 Å². The van der Waals surface area contributed by atoms with Gasteiger partial charge in [0.2, 0.25) is 0 Å². The minimum absolute atomic E-state index is 0.127. The number of allylic oxidation sites excluding steroid dienone is 2. The zero-order valence-electron chi connectivity index (χ0n) is 28.3. The van der Waals surface area contributed by atoms with Gasteiger partial charge in [0.25, 0.3) is 5.69 Å². The van der Waals surface area contributed by atoms with E-state index in [0.29, 0.717) is 30.0 Å². The topological polar surface area (TPSA) is 130 Å². The molecule has 1 aromatic heterocycles. The second kappa shape index (κ2) is 16.6. The number of nitrogens with zero attached hydrogens (tertiary/aromatic N) is 2. The number of nitrogens with one attached hydrogen (secondary N) is 1. The van der Waals surface area contributed by atoms with E-state index in [-0.39, 0.29) is 29.5 Å². The fourth-order valence-corrected chi connectivity index (χ4v) is 5.80. The molecule has 0 saturated heterocycles. The number of dihydropyridines is 1. The Hall–Kier alpha value is -5.09. The number of esters is 2. The summed E-state index contributed by atoms with van der Waals surface area (Å²) < 4.78 is 17.3. The summed E-state index contributed by atoms with van der Waals surface area (Å²) in [6.07, 6.45) is 6.25. The Labute approximate surface area is 281 Å². The zero-order valence-corrected chi connectivity index (χ0v) is 28.3. The van der Waals surface area contributed by atoms with Gasteiger partial charge in [-0.2, -0.15) is 0 Å². The molecule has 3 unspecified atom stereocenters. The van der Waals surface area contributed by atoms with Crippen molar-refractivity contribution in [1.29, 1.82) is 0 Å². The second-order valence-corrected chi connectivity index (χ2v) is 12.1. The molecule has 0 spiro atoms. The minimum atomic E-state index is -0.921. The summed E-state index contributed by atoms with van der Waals surface area (Å²) in [6.45, 7) is 11.4. The fourth-order valence-electron chi connectivity index (χ4n) is 5.80. The molecule has 0 bridgehead atoms. The Kier molecular flexibility index (Phi) is 12.4. The van der Waals surface area contributed by atoms with Gasteiger partial charge in [-0.15, -0.1) is 0 Å². The number of benzene rings is 2. The number of nitro groups is 1. The molecule has 3 atom stereocenters. The van der Waals surface area contributed by atoms with Crippen LogP contribution < -0.4 is 5.32 Å². The monoisotopic (exact) mass is 653 g/mol. The molecule has 2 heterocycles. The van der Waals surface area contributed by atoms with Gasteiger partial charge >= 0.3 is 11.9 Å². The summed E-state index contributed by atoms with van der Waals surface area (Å²) in [5.74, 6) is -2.17. The number of carbonyl (C=O) groups excluding carboxylic acids is 2. The van der Waals surface area contributed by atoms with Gasteiger partial charge in [-0.1, -0.05) is 48.5 Å².